The third-order valence-electron chi connectivity index (χ3n) is 5.10. The number of carbonyl (C=O) groups excluding carboxylic acids is 1. The van der Waals surface area contributed by atoms with E-state index in [9.17, 15) is 9.59 Å². The lowest BCUT2D eigenvalue weighted by Gasteiger charge is -2.16. The smallest absolute Gasteiger partial charge is 0.255 e. The molecule has 1 aliphatic rings. The van der Waals surface area contributed by atoms with Crippen molar-refractivity contribution in [1.29, 1.82) is 0 Å². The Hall–Kier alpha value is -2.66. The number of fused-ring (bicyclic) bond motifs is 1. The summed E-state index contributed by atoms with van der Waals surface area (Å²) in [5.74, 6) is 0.328. The van der Waals surface area contributed by atoms with Gasteiger partial charge in [-0.05, 0) is 48.4 Å². The molecule has 28 heavy (non-hydrogen) atoms. The van der Waals surface area contributed by atoms with Crippen molar-refractivity contribution in [1.82, 2.24) is 9.97 Å². The number of carbonyl (C=O) groups is 1. The first-order valence-electron chi connectivity index (χ1n) is 9.59. The molecule has 4 nitrogen and oxygen atoms in total. The van der Waals surface area contributed by atoms with E-state index in [4.69, 9.17) is 0 Å². The fourth-order valence-electron chi connectivity index (χ4n) is 3.54. The molecule has 1 aliphatic carbocycles. The molecular weight excluding hydrogens is 368 g/mol. The van der Waals surface area contributed by atoms with Crippen molar-refractivity contribution in [2.75, 3.05) is 5.75 Å². The maximum atomic E-state index is 12.6. The van der Waals surface area contributed by atoms with Crippen molar-refractivity contribution in [2.45, 2.75) is 37.3 Å². The monoisotopic (exact) mass is 390 g/mol. The Bertz CT molecular complexity index is 1040. The molecule has 0 unspecified atom stereocenters. The molecule has 1 heterocycles. The summed E-state index contributed by atoms with van der Waals surface area (Å²) < 4.78 is 0. The summed E-state index contributed by atoms with van der Waals surface area (Å²) >= 11 is 1.27. The molecule has 142 valence electrons. The first kappa shape index (κ1) is 18.7. The molecule has 0 aliphatic heterocycles. The van der Waals surface area contributed by atoms with Gasteiger partial charge in [-0.1, -0.05) is 54.2 Å². The summed E-state index contributed by atoms with van der Waals surface area (Å²) in [7, 11) is 0. The van der Waals surface area contributed by atoms with Crippen molar-refractivity contribution >= 4 is 17.5 Å². The van der Waals surface area contributed by atoms with Crippen molar-refractivity contribution < 1.29 is 4.79 Å². The van der Waals surface area contributed by atoms with Gasteiger partial charge < -0.3 is 4.98 Å². The van der Waals surface area contributed by atoms with E-state index in [2.05, 4.69) is 16.0 Å². The SMILES string of the molecule is O=C(CSc1ncc(Cc2ccccc2)c(=O)[nH]1)c1ccc2c(c1)CCCC2. The third-order valence-corrected chi connectivity index (χ3v) is 5.99. The summed E-state index contributed by atoms with van der Waals surface area (Å²) in [5, 5.41) is 0.480. The molecule has 0 saturated heterocycles. The number of nitrogens with zero attached hydrogens (tertiary/aromatic N) is 1. The molecule has 1 N–H and O–H groups in total. The standard InChI is InChI=1S/C23H22N2O2S/c26-21(19-11-10-17-8-4-5-9-18(17)13-19)15-28-23-24-14-20(22(27)25-23)12-16-6-2-1-3-7-16/h1-3,6-7,10-11,13-14H,4-5,8-9,12,15H2,(H,24,25,27). The third kappa shape index (κ3) is 4.42. The van der Waals surface area contributed by atoms with Crippen LogP contribution in [0.15, 0.2) is 64.7 Å². The van der Waals surface area contributed by atoms with Gasteiger partial charge >= 0.3 is 0 Å². The van der Waals surface area contributed by atoms with Crippen molar-refractivity contribution in [3.63, 3.8) is 0 Å². The zero-order valence-corrected chi connectivity index (χ0v) is 16.4. The van der Waals surface area contributed by atoms with E-state index >= 15 is 0 Å². The molecule has 5 heteroatoms. The number of Topliss-reactive ketones (excluding diaryl/α,β-unsaturated/α-hetero) is 1. The Morgan fingerprint density at radius 3 is 2.61 bits per heavy atom. The fourth-order valence-corrected chi connectivity index (χ4v) is 4.27. The molecule has 0 amide bonds. The Balaban J connectivity index is 1.40. The lowest BCUT2D eigenvalue weighted by molar-refractivity contribution is 0.102. The highest BCUT2D eigenvalue weighted by molar-refractivity contribution is 7.99. The van der Waals surface area contributed by atoms with Gasteiger partial charge in [-0.15, -0.1) is 0 Å². The van der Waals surface area contributed by atoms with Gasteiger partial charge in [0.05, 0.1) is 5.75 Å². The normalized spacial score (nSPS) is 13.1. The minimum atomic E-state index is -0.150. The highest BCUT2D eigenvalue weighted by Gasteiger charge is 2.14. The summed E-state index contributed by atoms with van der Waals surface area (Å²) in [4.78, 5) is 32.0. The topological polar surface area (TPSA) is 62.8 Å². The van der Waals surface area contributed by atoms with Gasteiger partial charge in [0, 0.05) is 23.7 Å². The van der Waals surface area contributed by atoms with Gasteiger partial charge in [-0.25, -0.2) is 4.98 Å². The summed E-state index contributed by atoms with van der Waals surface area (Å²) in [6, 6.07) is 15.9. The molecule has 0 radical (unpaired) electrons. The number of aromatic nitrogens is 2. The van der Waals surface area contributed by atoms with Crippen LogP contribution in [-0.2, 0) is 19.3 Å². The molecule has 0 spiro atoms. The minimum absolute atomic E-state index is 0.0642. The lowest BCUT2D eigenvalue weighted by Crippen LogP contribution is -2.15. The second-order valence-corrected chi connectivity index (χ2v) is 8.07. The maximum absolute atomic E-state index is 12.6. The second-order valence-electron chi connectivity index (χ2n) is 7.11. The number of H-pyrrole nitrogens is 1. The van der Waals surface area contributed by atoms with Gasteiger partial charge in [-0.3, -0.25) is 9.59 Å². The van der Waals surface area contributed by atoms with Crippen LogP contribution in [0.1, 0.15) is 45.5 Å². The van der Waals surface area contributed by atoms with Gasteiger partial charge in [0.25, 0.3) is 5.56 Å². The first-order chi connectivity index (χ1) is 13.7. The number of nitrogens with one attached hydrogen (secondary N) is 1. The van der Waals surface area contributed by atoms with E-state index < -0.39 is 0 Å². The van der Waals surface area contributed by atoms with Crippen molar-refractivity contribution in [3.8, 4) is 0 Å². The van der Waals surface area contributed by atoms with Gasteiger partial charge in [0.15, 0.2) is 10.9 Å². The highest BCUT2D eigenvalue weighted by Crippen LogP contribution is 2.23. The maximum Gasteiger partial charge on any atom is 0.255 e. The number of ketones is 1. The van der Waals surface area contributed by atoms with E-state index in [-0.39, 0.29) is 17.1 Å². The van der Waals surface area contributed by atoms with E-state index in [0.29, 0.717) is 17.1 Å². The van der Waals surface area contributed by atoms with Gasteiger partial charge in [0.1, 0.15) is 0 Å². The van der Waals surface area contributed by atoms with E-state index in [1.54, 1.807) is 6.20 Å². The molecule has 0 bridgehead atoms. The highest BCUT2D eigenvalue weighted by atomic mass is 32.2. The van der Waals surface area contributed by atoms with Crippen LogP contribution in [0.25, 0.3) is 0 Å². The first-order valence-corrected chi connectivity index (χ1v) is 10.6. The van der Waals surface area contributed by atoms with Crippen LogP contribution in [-0.4, -0.2) is 21.5 Å². The summed E-state index contributed by atoms with van der Waals surface area (Å²) in [6.45, 7) is 0. The number of aromatic amines is 1. The van der Waals surface area contributed by atoms with Crippen molar-refractivity contribution in [2.24, 2.45) is 0 Å². The number of thioether (sulfide) groups is 1. The molecule has 2 aromatic carbocycles. The predicted octanol–water partition coefficient (Wildman–Crippen LogP) is 4.21. The van der Waals surface area contributed by atoms with Crippen LogP contribution < -0.4 is 5.56 Å². The number of rotatable bonds is 6. The minimum Gasteiger partial charge on any atom is -0.301 e. The molecule has 1 aromatic heterocycles. The quantitative estimate of drug-likeness (QED) is 0.389. The molecule has 0 atom stereocenters. The number of aryl methyl sites for hydroxylation is 2. The largest absolute Gasteiger partial charge is 0.301 e. The Morgan fingerprint density at radius 2 is 1.82 bits per heavy atom. The number of hydrogen-bond acceptors (Lipinski definition) is 4. The van der Waals surface area contributed by atoms with E-state index in [0.717, 1.165) is 24.0 Å². The van der Waals surface area contributed by atoms with Gasteiger partial charge in [0.2, 0.25) is 0 Å². The van der Waals surface area contributed by atoms with Crippen LogP contribution in [0.4, 0.5) is 0 Å². The lowest BCUT2D eigenvalue weighted by atomic mass is 9.90. The fraction of sp³-hybridized carbons (Fsp3) is 0.261. The van der Waals surface area contributed by atoms with Crippen LogP contribution in [0.2, 0.25) is 0 Å². The van der Waals surface area contributed by atoms with E-state index in [1.165, 1.54) is 35.7 Å². The Labute approximate surface area is 168 Å². The Kier molecular flexibility index (Phi) is 5.72. The van der Waals surface area contributed by atoms with Crippen LogP contribution in [0.3, 0.4) is 0 Å². The number of hydrogen-bond donors (Lipinski definition) is 1. The molecule has 4 rings (SSSR count). The average Bonchev–Trinajstić information content (AvgIpc) is 2.74. The van der Waals surface area contributed by atoms with Crippen LogP contribution >= 0.6 is 11.8 Å². The second kappa shape index (κ2) is 8.57. The zero-order chi connectivity index (χ0) is 19.3. The van der Waals surface area contributed by atoms with E-state index in [1.807, 2.05) is 42.5 Å². The summed E-state index contributed by atoms with van der Waals surface area (Å²) in [5.41, 5.74) is 4.96. The average molecular weight is 391 g/mol. The molecular formula is C23H22N2O2S. The summed E-state index contributed by atoms with van der Waals surface area (Å²) in [6.07, 6.45) is 6.75. The van der Waals surface area contributed by atoms with Crippen LogP contribution in [0, 0.1) is 0 Å². The molecule has 3 aromatic rings. The number of benzene rings is 2. The zero-order valence-electron chi connectivity index (χ0n) is 15.6. The van der Waals surface area contributed by atoms with Crippen molar-refractivity contribution in [3.05, 3.63) is 92.9 Å². The molecule has 0 saturated carbocycles. The van der Waals surface area contributed by atoms with Crippen LogP contribution in [0.5, 0.6) is 0 Å². The van der Waals surface area contributed by atoms with Gasteiger partial charge in [-0.2, -0.15) is 0 Å². The molecule has 0 fully saturated rings. The predicted molar refractivity (Wildman–Crippen MR) is 112 cm³/mol. The Morgan fingerprint density at radius 1 is 1.04 bits per heavy atom.